The van der Waals surface area contributed by atoms with Crippen LogP contribution in [0, 0.1) is 0 Å². The first-order valence-electron chi connectivity index (χ1n) is 9.58. The number of rotatable bonds is 5. The van der Waals surface area contributed by atoms with Gasteiger partial charge in [-0.25, -0.2) is 0 Å². The first-order chi connectivity index (χ1) is 13.3. The molecule has 0 aliphatic carbocycles. The van der Waals surface area contributed by atoms with Gasteiger partial charge in [0.25, 0.3) is 0 Å². The van der Waals surface area contributed by atoms with Crippen molar-refractivity contribution in [2.24, 2.45) is 0 Å². The van der Waals surface area contributed by atoms with Crippen LogP contribution in [0.1, 0.15) is 48.1 Å². The van der Waals surface area contributed by atoms with Crippen LogP contribution in [0.2, 0.25) is 0 Å². The summed E-state index contributed by atoms with van der Waals surface area (Å²) in [4.78, 5) is 2.28. The topological polar surface area (TPSA) is 24.5 Å². The largest absolute Gasteiger partial charge is 0.496 e. The summed E-state index contributed by atoms with van der Waals surface area (Å²) >= 11 is 0. The maximum Gasteiger partial charge on any atom is 0.419 e. The molecule has 0 spiro atoms. The fourth-order valence-corrected chi connectivity index (χ4v) is 3.84. The van der Waals surface area contributed by atoms with Crippen molar-refractivity contribution in [1.82, 2.24) is 10.2 Å². The Kier molecular flexibility index (Phi) is 6.30. The Hall–Kier alpha value is -2.05. The number of benzene rings is 2. The first-order valence-corrected chi connectivity index (χ1v) is 9.58. The van der Waals surface area contributed by atoms with E-state index in [0.717, 1.165) is 31.3 Å². The van der Waals surface area contributed by atoms with E-state index in [0.29, 0.717) is 12.5 Å². The van der Waals surface area contributed by atoms with E-state index in [2.05, 4.69) is 48.3 Å². The highest BCUT2D eigenvalue weighted by molar-refractivity contribution is 5.39. The number of ether oxygens (including phenoxy) is 1. The molecule has 2 aromatic rings. The van der Waals surface area contributed by atoms with E-state index < -0.39 is 11.7 Å². The highest BCUT2D eigenvalue weighted by atomic mass is 19.4. The van der Waals surface area contributed by atoms with Gasteiger partial charge in [0.2, 0.25) is 0 Å². The van der Waals surface area contributed by atoms with Crippen molar-refractivity contribution in [3.05, 3.63) is 64.7 Å². The quantitative estimate of drug-likeness (QED) is 0.776. The maximum atomic E-state index is 13.1. The Morgan fingerprint density at radius 1 is 1.18 bits per heavy atom. The fraction of sp³-hybridized carbons (Fsp3) is 0.455. The number of halogens is 3. The third-order valence-electron chi connectivity index (χ3n) is 5.23. The molecule has 6 heteroatoms. The van der Waals surface area contributed by atoms with Crippen LogP contribution in [0.15, 0.2) is 42.5 Å². The third-order valence-corrected chi connectivity index (χ3v) is 5.23. The molecule has 1 fully saturated rings. The number of hydrogen-bond acceptors (Lipinski definition) is 3. The highest BCUT2D eigenvalue weighted by Crippen LogP contribution is 2.37. The summed E-state index contributed by atoms with van der Waals surface area (Å²) in [6.45, 7) is 7.48. The van der Waals surface area contributed by atoms with E-state index >= 15 is 0 Å². The smallest absolute Gasteiger partial charge is 0.419 e. The van der Waals surface area contributed by atoms with Gasteiger partial charge in [-0.1, -0.05) is 44.2 Å². The Bertz CT molecular complexity index is 805. The van der Waals surface area contributed by atoms with Crippen LogP contribution < -0.4 is 10.1 Å². The van der Waals surface area contributed by atoms with Gasteiger partial charge in [-0.15, -0.1) is 0 Å². The van der Waals surface area contributed by atoms with Gasteiger partial charge in [-0.3, -0.25) is 4.90 Å². The molecule has 1 atom stereocenters. The van der Waals surface area contributed by atoms with E-state index in [4.69, 9.17) is 4.74 Å². The van der Waals surface area contributed by atoms with Gasteiger partial charge in [0.1, 0.15) is 5.75 Å². The van der Waals surface area contributed by atoms with E-state index in [1.807, 2.05) is 0 Å². The number of methoxy groups -OCH3 is 1. The summed E-state index contributed by atoms with van der Waals surface area (Å²) in [5, 5.41) is 3.58. The molecular weight excluding hydrogens is 365 g/mol. The molecule has 3 nitrogen and oxygen atoms in total. The monoisotopic (exact) mass is 392 g/mol. The lowest BCUT2D eigenvalue weighted by Gasteiger charge is -2.35. The molecule has 0 saturated carbocycles. The van der Waals surface area contributed by atoms with Crippen LogP contribution in [0.25, 0.3) is 0 Å². The molecule has 28 heavy (non-hydrogen) atoms. The molecule has 3 rings (SSSR count). The molecule has 0 bridgehead atoms. The molecule has 1 heterocycles. The average Bonchev–Trinajstić information content (AvgIpc) is 2.67. The average molecular weight is 392 g/mol. The molecule has 1 aliphatic heterocycles. The molecule has 1 N–H and O–H groups in total. The minimum Gasteiger partial charge on any atom is -0.496 e. The van der Waals surface area contributed by atoms with Crippen molar-refractivity contribution in [3.63, 3.8) is 0 Å². The number of nitrogens with zero attached hydrogens (tertiary/aromatic N) is 1. The summed E-state index contributed by atoms with van der Waals surface area (Å²) in [6.07, 6.45) is -4.41. The van der Waals surface area contributed by atoms with Gasteiger partial charge in [0.05, 0.1) is 12.7 Å². The molecule has 0 amide bonds. The lowest BCUT2D eigenvalue weighted by molar-refractivity contribution is -0.138. The zero-order valence-corrected chi connectivity index (χ0v) is 16.5. The lowest BCUT2D eigenvalue weighted by Crippen LogP contribution is -2.45. The van der Waals surface area contributed by atoms with Gasteiger partial charge >= 0.3 is 6.18 Å². The summed E-state index contributed by atoms with van der Waals surface area (Å²) in [7, 11) is 1.28. The van der Waals surface area contributed by atoms with Crippen molar-refractivity contribution >= 4 is 0 Å². The zero-order valence-electron chi connectivity index (χ0n) is 16.5. The number of hydrogen-bond donors (Lipinski definition) is 1. The van der Waals surface area contributed by atoms with Crippen molar-refractivity contribution in [2.45, 2.75) is 38.5 Å². The third kappa shape index (κ3) is 4.67. The van der Waals surface area contributed by atoms with Gasteiger partial charge in [0.15, 0.2) is 0 Å². The maximum absolute atomic E-state index is 13.1. The second-order valence-electron chi connectivity index (χ2n) is 7.56. The standard InChI is InChI=1S/C22H27F3N2O/c1-15(2)17-6-4-5-7-18(17)20-14-27(11-10-26-20)13-16-8-9-19(22(23,24)25)21(12-16)28-3/h4-9,12,15,20,26H,10-11,13-14H2,1-3H3. The van der Waals surface area contributed by atoms with Crippen molar-refractivity contribution in [1.29, 1.82) is 0 Å². The molecule has 1 unspecified atom stereocenters. The van der Waals surface area contributed by atoms with Crippen LogP contribution in [0.4, 0.5) is 13.2 Å². The molecule has 2 aromatic carbocycles. The Labute approximate surface area is 164 Å². The van der Waals surface area contributed by atoms with E-state index in [1.165, 1.54) is 24.3 Å². The van der Waals surface area contributed by atoms with Crippen LogP contribution >= 0.6 is 0 Å². The first kappa shape index (κ1) is 20.7. The molecule has 0 radical (unpaired) electrons. The Morgan fingerprint density at radius 3 is 2.61 bits per heavy atom. The predicted octanol–water partition coefficient (Wildman–Crippen LogP) is 4.98. The number of alkyl halides is 3. The van der Waals surface area contributed by atoms with Crippen molar-refractivity contribution in [2.75, 3.05) is 26.7 Å². The van der Waals surface area contributed by atoms with Crippen LogP contribution in [-0.4, -0.2) is 31.6 Å². The van der Waals surface area contributed by atoms with E-state index in [1.54, 1.807) is 6.07 Å². The van der Waals surface area contributed by atoms with Gasteiger partial charge in [-0.05, 0) is 34.7 Å². The van der Waals surface area contributed by atoms with Crippen LogP contribution in [0.5, 0.6) is 5.75 Å². The molecular formula is C22H27F3N2O. The molecule has 1 saturated heterocycles. The van der Waals surface area contributed by atoms with Gasteiger partial charge in [-0.2, -0.15) is 13.2 Å². The normalized spacial score (nSPS) is 18.5. The Morgan fingerprint density at radius 2 is 1.93 bits per heavy atom. The SMILES string of the molecule is COc1cc(CN2CCNC(c3ccccc3C(C)C)C2)ccc1C(F)(F)F. The summed E-state index contributed by atoms with van der Waals surface area (Å²) < 4.78 is 44.2. The van der Waals surface area contributed by atoms with E-state index in [9.17, 15) is 13.2 Å². The van der Waals surface area contributed by atoms with Gasteiger partial charge in [0, 0.05) is 32.2 Å². The molecule has 1 aliphatic rings. The highest BCUT2D eigenvalue weighted by Gasteiger charge is 2.34. The fourth-order valence-electron chi connectivity index (χ4n) is 3.84. The second-order valence-corrected chi connectivity index (χ2v) is 7.56. The minimum atomic E-state index is -4.41. The van der Waals surface area contributed by atoms with Crippen LogP contribution in [0.3, 0.4) is 0 Å². The summed E-state index contributed by atoms with van der Waals surface area (Å²) in [6, 6.07) is 12.8. The summed E-state index contributed by atoms with van der Waals surface area (Å²) in [5.41, 5.74) is 2.72. The van der Waals surface area contributed by atoms with Crippen molar-refractivity contribution in [3.8, 4) is 5.75 Å². The Balaban J connectivity index is 1.76. The minimum absolute atomic E-state index is 0.123. The van der Waals surface area contributed by atoms with Crippen LogP contribution in [-0.2, 0) is 12.7 Å². The second kappa shape index (κ2) is 8.53. The number of nitrogens with one attached hydrogen (secondary N) is 1. The van der Waals surface area contributed by atoms with E-state index in [-0.39, 0.29) is 11.8 Å². The predicted molar refractivity (Wildman–Crippen MR) is 105 cm³/mol. The van der Waals surface area contributed by atoms with Crippen molar-refractivity contribution < 1.29 is 17.9 Å². The lowest BCUT2D eigenvalue weighted by atomic mass is 9.92. The number of piperazine rings is 1. The molecule has 152 valence electrons. The zero-order chi connectivity index (χ0) is 20.3. The van der Waals surface area contributed by atoms with Gasteiger partial charge < -0.3 is 10.1 Å². The summed E-state index contributed by atoms with van der Waals surface area (Å²) in [5.74, 6) is 0.314. The molecule has 0 aromatic heterocycles.